The molecule has 0 bridgehead atoms. The van der Waals surface area contributed by atoms with Gasteiger partial charge in [-0.25, -0.2) is 8.42 Å². The second-order valence-electron chi connectivity index (χ2n) is 6.99. The molecule has 0 aromatic heterocycles. The van der Waals surface area contributed by atoms with E-state index in [0.29, 0.717) is 11.3 Å². The molecule has 0 fully saturated rings. The maximum Gasteiger partial charge on any atom is 0.324 e. The molecule has 0 heterocycles. The predicted octanol–water partition coefficient (Wildman–Crippen LogP) is 2.81. The van der Waals surface area contributed by atoms with Gasteiger partial charge < -0.3 is 9.64 Å². The highest BCUT2D eigenvalue weighted by atomic mass is 32.2. The van der Waals surface area contributed by atoms with Crippen LogP contribution in [0.2, 0.25) is 0 Å². The lowest BCUT2D eigenvalue weighted by atomic mass is 10.1. The van der Waals surface area contributed by atoms with Crippen LogP contribution in [-0.4, -0.2) is 40.0 Å². The number of likely N-dealkylation sites (N-methyl/N-ethyl adjacent to an activating group) is 1. The summed E-state index contributed by atoms with van der Waals surface area (Å²) in [6, 6.07) is 16.7. The zero-order chi connectivity index (χ0) is 22.1. The second-order valence-corrected chi connectivity index (χ2v) is 8.59. The summed E-state index contributed by atoms with van der Waals surface area (Å²) in [6.45, 7) is 2.88. The highest BCUT2D eigenvalue weighted by molar-refractivity contribution is 7.92. The van der Waals surface area contributed by atoms with E-state index in [4.69, 9.17) is 4.74 Å². The van der Waals surface area contributed by atoms with Crippen molar-refractivity contribution >= 4 is 33.7 Å². The molecule has 2 rings (SSSR count). The van der Waals surface area contributed by atoms with E-state index in [9.17, 15) is 18.0 Å². The van der Waals surface area contributed by atoms with Crippen LogP contribution in [-0.2, 0) is 24.3 Å². The first-order valence-corrected chi connectivity index (χ1v) is 11.0. The number of rotatable bonds is 9. The lowest BCUT2D eigenvalue weighted by Crippen LogP contribution is -2.45. The van der Waals surface area contributed by atoms with Crippen LogP contribution >= 0.6 is 0 Å². The van der Waals surface area contributed by atoms with E-state index in [1.54, 1.807) is 69.4 Å². The molecule has 1 atom stereocenters. The third-order valence-corrected chi connectivity index (χ3v) is 5.38. The predicted molar refractivity (Wildman–Crippen MR) is 117 cm³/mol. The maximum absolute atomic E-state index is 12.5. The Bertz CT molecular complexity index is 973. The summed E-state index contributed by atoms with van der Waals surface area (Å²) in [5.74, 6) is -1.61. The van der Waals surface area contributed by atoms with Crippen LogP contribution in [0, 0.1) is 5.92 Å². The maximum atomic E-state index is 12.5. The number of anilines is 1. The molecule has 1 N–H and O–H groups in total. The third kappa shape index (κ3) is 7.13. The van der Waals surface area contributed by atoms with Crippen LogP contribution in [0.1, 0.15) is 19.4 Å². The summed E-state index contributed by atoms with van der Waals surface area (Å²) in [5, 5.41) is 0.999. The molecule has 0 radical (unpaired) electrons. The van der Waals surface area contributed by atoms with Gasteiger partial charge >= 0.3 is 5.97 Å². The van der Waals surface area contributed by atoms with Crippen LogP contribution < -0.4 is 9.62 Å². The van der Waals surface area contributed by atoms with Gasteiger partial charge in [-0.3, -0.25) is 9.59 Å². The Morgan fingerprint density at radius 2 is 1.60 bits per heavy atom. The number of sulfonamides is 1. The third-order valence-electron chi connectivity index (χ3n) is 4.31. The molecular formula is C22H26N2O5S. The van der Waals surface area contributed by atoms with Crippen molar-refractivity contribution in [2.75, 3.05) is 18.6 Å². The van der Waals surface area contributed by atoms with Gasteiger partial charge in [0.15, 0.2) is 6.61 Å². The summed E-state index contributed by atoms with van der Waals surface area (Å²) in [6.07, 6.45) is 1.43. The van der Waals surface area contributed by atoms with Crippen molar-refractivity contribution in [3.05, 3.63) is 71.6 Å². The van der Waals surface area contributed by atoms with Gasteiger partial charge in [0.1, 0.15) is 6.04 Å². The number of carbonyl (C=O) groups excluding carboxylic acids is 2. The van der Waals surface area contributed by atoms with E-state index in [2.05, 4.69) is 4.72 Å². The first-order valence-electron chi connectivity index (χ1n) is 9.43. The fourth-order valence-electron chi connectivity index (χ4n) is 2.52. The summed E-state index contributed by atoms with van der Waals surface area (Å²) in [5.41, 5.74) is 1.37. The minimum atomic E-state index is -3.89. The van der Waals surface area contributed by atoms with Crippen molar-refractivity contribution in [2.45, 2.75) is 19.9 Å². The molecule has 0 aliphatic carbocycles. The Kier molecular flexibility index (Phi) is 8.32. The molecule has 30 heavy (non-hydrogen) atoms. The summed E-state index contributed by atoms with van der Waals surface area (Å²) < 4.78 is 32.2. The smallest absolute Gasteiger partial charge is 0.324 e. The number of amides is 1. The van der Waals surface area contributed by atoms with Gasteiger partial charge in [0.2, 0.25) is 10.0 Å². The number of para-hydroxylation sites is 1. The molecule has 7 nitrogen and oxygen atoms in total. The number of nitrogens with zero attached hydrogens (tertiary/aromatic N) is 1. The molecule has 8 heteroatoms. The molecule has 2 aromatic rings. The summed E-state index contributed by atoms with van der Waals surface area (Å²) in [7, 11) is -2.32. The lowest BCUT2D eigenvalue weighted by Gasteiger charge is -2.21. The van der Waals surface area contributed by atoms with Gasteiger partial charge in [0, 0.05) is 18.1 Å². The number of nitrogens with one attached hydrogen (secondary N) is 1. The van der Waals surface area contributed by atoms with E-state index in [0.717, 1.165) is 5.41 Å². The molecule has 0 unspecified atom stereocenters. The lowest BCUT2D eigenvalue weighted by molar-refractivity contribution is -0.150. The Labute approximate surface area is 177 Å². The van der Waals surface area contributed by atoms with Crippen LogP contribution in [0.5, 0.6) is 0 Å². The highest BCUT2D eigenvalue weighted by Crippen LogP contribution is 2.12. The number of carbonyl (C=O) groups is 2. The molecule has 2 aromatic carbocycles. The molecule has 0 saturated carbocycles. The topological polar surface area (TPSA) is 92.8 Å². The van der Waals surface area contributed by atoms with Gasteiger partial charge in [-0.1, -0.05) is 62.4 Å². The van der Waals surface area contributed by atoms with Crippen molar-refractivity contribution in [1.82, 2.24) is 4.72 Å². The summed E-state index contributed by atoms with van der Waals surface area (Å²) >= 11 is 0. The van der Waals surface area contributed by atoms with E-state index in [1.807, 2.05) is 12.1 Å². The zero-order valence-electron chi connectivity index (χ0n) is 17.2. The van der Waals surface area contributed by atoms with Gasteiger partial charge in [-0.05, 0) is 29.7 Å². The normalized spacial score (nSPS) is 12.7. The molecular weight excluding hydrogens is 404 g/mol. The minimum absolute atomic E-state index is 0.376. The number of hydrogen-bond donors (Lipinski definition) is 1. The molecule has 0 saturated heterocycles. The molecule has 0 aliphatic heterocycles. The van der Waals surface area contributed by atoms with Crippen molar-refractivity contribution in [1.29, 1.82) is 0 Å². The van der Waals surface area contributed by atoms with Gasteiger partial charge in [-0.15, -0.1) is 0 Å². The Morgan fingerprint density at radius 3 is 2.17 bits per heavy atom. The monoisotopic (exact) mass is 430 g/mol. The van der Waals surface area contributed by atoms with E-state index in [1.165, 1.54) is 11.0 Å². The van der Waals surface area contributed by atoms with Crippen LogP contribution in [0.4, 0.5) is 5.69 Å². The molecule has 1 amide bonds. The number of esters is 1. The Balaban J connectivity index is 1.98. The largest absolute Gasteiger partial charge is 0.454 e. The van der Waals surface area contributed by atoms with Crippen molar-refractivity contribution < 1.29 is 22.7 Å². The fraction of sp³-hybridized carbons (Fsp3) is 0.273. The SMILES string of the molecule is CC(C)[C@H](NS(=O)(=O)/C=C/c1ccccc1)C(=O)OCC(=O)N(C)c1ccccc1. The van der Waals surface area contributed by atoms with Crippen LogP contribution in [0.3, 0.4) is 0 Å². The van der Waals surface area contributed by atoms with E-state index < -0.39 is 34.5 Å². The minimum Gasteiger partial charge on any atom is -0.454 e. The van der Waals surface area contributed by atoms with Gasteiger partial charge in [0.25, 0.3) is 5.91 Å². The van der Waals surface area contributed by atoms with Crippen molar-refractivity contribution in [3.63, 3.8) is 0 Å². The average molecular weight is 431 g/mol. The second kappa shape index (κ2) is 10.7. The molecule has 0 aliphatic rings. The first kappa shape index (κ1) is 23.3. The van der Waals surface area contributed by atoms with Gasteiger partial charge in [0.05, 0.1) is 0 Å². The van der Waals surface area contributed by atoms with Crippen molar-refractivity contribution in [3.8, 4) is 0 Å². The highest BCUT2D eigenvalue weighted by Gasteiger charge is 2.28. The van der Waals surface area contributed by atoms with Crippen LogP contribution in [0.25, 0.3) is 6.08 Å². The average Bonchev–Trinajstić information content (AvgIpc) is 2.75. The number of benzene rings is 2. The Morgan fingerprint density at radius 1 is 1.03 bits per heavy atom. The number of ether oxygens (including phenoxy) is 1. The van der Waals surface area contributed by atoms with Crippen molar-refractivity contribution in [2.24, 2.45) is 5.92 Å². The molecule has 160 valence electrons. The van der Waals surface area contributed by atoms with Gasteiger partial charge in [-0.2, -0.15) is 4.72 Å². The Hall–Kier alpha value is -2.97. The van der Waals surface area contributed by atoms with Crippen LogP contribution in [0.15, 0.2) is 66.1 Å². The van der Waals surface area contributed by atoms with E-state index in [-0.39, 0.29) is 5.92 Å². The summed E-state index contributed by atoms with van der Waals surface area (Å²) in [4.78, 5) is 26.1. The number of hydrogen-bond acceptors (Lipinski definition) is 5. The zero-order valence-corrected chi connectivity index (χ0v) is 18.0. The first-order chi connectivity index (χ1) is 14.2. The molecule has 0 spiro atoms. The quantitative estimate of drug-likeness (QED) is 0.618. The standard InChI is InChI=1S/C22H26N2O5S/c1-17(2)21(23-30(27,28)15-14-18-10-6-4-7-11-18)22(26)29-16-20(25)24(3)19-12-8-5-9-13-19/h4-15,17,21,23H,16H2,1-3H3/b15-14+/t21-/m0/s1. The van der Waals surface area contributed by atoms with E-state index >= 15 is 0 Å². The fourth-order valence-corrected chi connectivity index (χ4v) is 3.66.